The van der Waals surface area contributed by atoms with Gasteiger partial charge in [0, 0.05) is 155 Å². The van der Waals surface area contributed by atoms with Crippen LogP contribution in [0.5, 0.6) is 0 Å². The van der Waals surface area contributed by atoms with Crippen LogP contribution < -0.4 is 4.90 Å². The van der Waals surface area contributed by atoms with Crippen LogP contribution in [-0.2, 0) is 20.6 Å². The predicted octanol–water partition coefficient (Wildman–Crippen LogP) is 12.3. The van der Waals surface area contributed by atoms with Crippen molar-refractivity contribution in [3.05, 3.63) is 29.8 Å². The first kappa shape index (κ1) is 73.1. The lowest BCUT2D eigenvalue weighted by atomic mass is 10.00. The summed E-state index contributed by atoms with van der Waals surface area (Å²) in [6.45, 7) is 78.4. The van der Waals surface area contributed by atoms with E-state index in [2.05, 4.69) is 256 Å². The fourth-order valence-electron chi connectivity index (χ4n) is 13.6. The fraction of sp³-hybridized carbons (Fsp3) is 0.914. The Labute approximate surface area is 509 Å². The largest absolute Gasteiger partial charge is 0.379 e. The van der Waals surface area contributed by atoms with Gasteiger partial charge in [-0.2, -0.15) is 0 Å². The maximum absolute atomic E-state index is 5.67. The molecule has 1 saturated carbocycles. The van der Waals surface area contributed by atoms with Crippen LogP contribution in [0.4, 0.5) is 5.69 Å². The van der Waals surface area contributed by atoms with Gasteiger partial charge in [-0.1, -0.05) is 18.2 Å². The number of hydrogen-bond donors (Lipinski definition) is 0. The monoisotopic (exact) mass is 1150 g/mol. The van der Waals surface area contributed by atoms with Gasteiger partial charge in [-0.25, -0.2) is 0 Å². The molecule has 0 spiro atoms. The van der Waals surface area contributed by atoms with E-state index >= 15 is 0 Å². The smallest absolute Gasteiger partial charge is 0.0753 e. The Morgan fingerprint density at radius 1 is 0.451 bits per heavy atom. The van der Waals surface area contributed by atoms with Gasteiger partial charge in [0.05, 0.1) is 37.6 Å². The fourth-order valence-corrected chi connectivity index (χ4v) is 13.6. The van der Waals surface area contributed by atoms with Crippen LogP contribution in [0.2, 0.25) is 0 Å². The van der Waals surface area contributed by atoms with E-state index in [1.165, 1.54) is 102 Å². The number of likely N-dealkylation sites (N-methyl/N-ethyl adjacent to an activating group) is 1. The molecule has 2 bridgehead atoms. The van der Waals surface area contributed by atoms with E-state index in [4.69, 9.17) is 14.2 Å². The molecule has 1 aliphatic carbocycles. The first-order chi connectivity index (χ1) is 37.4. The number of piperidine rings is 1. The van der Waals surface area contributed by atoms with Crippen LogP contribution in [0.1, 0.15) is 198 Å². The summed E-state index contributed by atoms with van der Waals surface area (Å²) in [5.41, 5.74) is 5.26. The van der Waals surface area contributed by atoms with Gasteiger partial charge < -0.3 is 28.9 Å². The first-order valence-electron chi connectivity index (χ1n) is 33.1. The first-order valence-corrected chi connectivity index (χ1v) is 33.1. The van der Waals surface area contributed by atoms with Crippen LogP contribution in [0.3, 0.4) is 0 Å². The van der Waals surface area contributed by atoms with Crippen molar-refractivity contribution in [2.75, 3.05) is 144 Å². The van der Waals surface area contributed by atoms with Gasteiger partial charge in [0.2, 0.25) is 0 Å². The van der Waals surface area contributed by atoms with Crippen LogP contribution in [0.15, 0.2) is 24.3 Å². The third-order valence-electron chi connectivity index (χ3n) is 18.7. The van der Waals surface area contributed by atoms with Crippen molar-refractivity contribution < 1.29 is 14.2 Å². The molecule has 8 fully saturated rings. The molecular formula is C70H137N9O3. The Kier molecular flexibility index (Phi) is 26.9. The second kappa shape index (κ2) is 30.2. The Morgan fingerprint density at radius 2 is 0.915 bits per heavy atom. The van der Waals surface area contributed by atoms with Gasteiger partial charge in [-0.15, -0.1) is 0 Å². The molecule has 10 rings (SSSR count). The van der Waals surface area contributed by atoms with E-state index in [0.29, 0.717) is 34.4 Å². The number of nitrogens with zero attached hydrogens (tertiary/aromatic N) is 9. The highest BCUT2D eigenvalue weighted by molar-refractivity contribution is 5.59. The van der Waals surface area contributed by atoms with Crippen molar-refractivity contribution in [3.63, 3.8) is 0 Å². The van der Waals surface area contributed by atoms with Crippen molar-refractivity contribution in [1.29, 1.82) is 0 Å². The minimum atomic E-state index is 0.0333. The summed E-state index contributed by atoms with van der Waals surface area (Å²) in [5.74, 6) is 2.94. The Morgan fingerprint density at radius 3 is 1.30 bits per heavy atom. The summed E-state index contributed by atoms with van der Waals surface area (Å²) < 4.78 is 16.6. The molecule has 8 heterocycles. The van der Waals surface area contributed by atoms with E-state index in [9.17, 15) is 0 Å². The van der Waals surface area contributed by atoms with Crippen molar-refractivity contribution in [2.24, 2.45) is 17.8 Å². The van der Waals surface area contributed by atoms with Crippen molar-refractivity contribution in [1.82, 2.24) is 39.2 Å². The lowest BCUT2D eigenvalue weighted by molar-refractivity contribution is -0.108. The maximum atomic E-state index is 5.67. The number of anilines is 1. The van der Waals surface area contributed by atoms with E-state index in [-0.39, 0.29) is 22.2 Å². The van der Waals surface area contributed by atoms with E-state index in [1.807, 2.05) is 0 Å². The number of morpholine rings is 3. The molecular weight excluding hydrogens is 1010 g/mol. The van der Waals surface area contributed by atoms with Crippen LogP contribution >= 0.6 is 0 Å². The number of ether oxygens (including phenoxy) is 3. The molecule has 6 atom stereocenters. The average molecular weight is 1150 g/mol. The summed E-state index contributed by atoms with van der Waals surface area (Å²) in [4.78, 5) is 22.7. The van der Waals surface area contributed by atoms with Gasteiger partial charge >= 0.3 is 0 Å². The summed E-state index contributed by atoms with van der Waals surface area (Å²) in [6, 6.07) is 9.66. The summed E-state index contributed by atoms with van der Waals surface area (Å²) >= 11 is 0. The molecule has 12 heteroatoms. The van der Waals surface area contributed by atoms with Crippen LogP contribution in [-0.4, -0.2) is 240 Å². The molecule has 1 aromatic carbocycles. The number of fused-ring (bicyclic) bond motifs is 4. The van der Waals surface area contributed by atoms with Crippen molar-refractivity contribution in [2.45, 2.75) is 261 Å². The zero-order valence-corrected chi connectivity index (χ0v) is 59.3. The van der Waals surface area contributed by atoms with Gasteiger partial charge in [0.25, 0.3) is 0 Å². The number of rotatable bonds is 0. The highest BCUT2D eigenvalue weighted by Gasteiger charge is 2.43. The third kappa shape index (κ3) is 24.3. The average Bonchev–Trinajstić information content (AvgIpc) is 4.20. The summed E-state index contributed by atoms with van der Waals surface area (Å²) in [6.07, 6.45) is 6.41. The number of hydrogen-bond acceptors (Lipinski definition) is 12. The standard InChI is InChI=1S/C12H17N.C11H22N2.2C10H21NO.C10H19N.C9H20N2.C8H17NO/c1-12(2,3)13-9-8-10-6-4-5-7-11(10)13;1-11(2,3)13-7-9-5-12(4)6-10(9)8-13;1-8-6-11(10(3,4)5)7-9(2)12-8;1-9(2,3)11-6-7-12-10(4,5)8-11;1-10(2,3)11-7-8-4-5-9(11)6-8;1-9(2,3)11-7-5-10(4)6-8-11;1-8(2,3)9-4-6-10-7-5-9/h4-7H,8-9H2,1-3H3;9-10H,5-8H2,1-4H3;8-9H,6-7H2,1-5H3;6-8H2,1-5H3;8-9H,4-7H2,1-3H3;5-8H2,1-4H3;4-7H2,1-3H3. The lowest BCUT2D eigenvalue weighted by Crippen LogP contribution is -2.55. The lowest BCUT2D eigenvalue weighted by Gasteiger charge is -2.45. The topological polar surface area (TPSA) is 56.9 Å². The van der Waals surface area contributed by atoms with Gasteiger partial charge in [0.1, 0.15) is 0 Å². The Hall–Kier alpha value is -1.42. The number of benzene rings is 1. The Bertz CT molecular complexity index is 1930. The molecule has 7 saturated heterocycles. The zero-order chi connectivity index (χ0) is 62.0. The minimum Gasteiger partial charge on any atom is -0.379 e. The molecule has 82 heavy (non-hydrogen) atoms. The molecule has 6 unspecified atom stereocenters. The highest BCUT2D eigenvalue weighted by atomic mass is 16.5. The molecule has 0 radical (unpaired) electrons. The van der Waals surface area contributed by atoms with Crippen molar-refractivity contribution in [3.8, 4) is 0 Å². The van der Waals surface area contributed by atoms with Crippen LogP contribution in [0.25, 0.3) is 0 Å². The molecule has 480 valence electrons. The second-order valence-corrected chi connectivity index (χ2v) is 33.9. The number of likely N-dealkylation sites (tertiary alicyclic amines) is 3. The molecule has 0 aromatic heterocycles. The SMILES string of the molecule is CC(C)(C)N1CC2CCC1C2.CC(C)(C)N1CCOCC1.CC(C)(C)N1CCc2ccccc21.CC1(C)CN(C(C)(C)C)CCO1.CC1CN(C(C)(C)C)CC(C)O1.CN1CC2CN(C(C)(C)C)CC2C1.CN1CCN(C(C)(C)C)CC1. The normalized spacial score (nSPS) is 28.3. The van der Waals surface area contributed by atoms with E-state index in [1.54, 1.807) is 0 Å². The Balaban J connectivity index is 0.000000206. The molecule has 1 aromatic rings. The van der Waals surface area contributed by atoms with E-state index in [0.717, 1.165) is 82.9 Å². The zero-order valence-electron chi connectivity index (χ0n) is 59.3. The third-order valence-corrected chi connectivity index (χ3v) is 18.7. The van der Waals surface area contributed by atoms with E-state index < -0.39 is 0 Å². The second-order valence-electron chi connectivity index (χ2n) is 33.9. The predicted molar refractivity (Wildman–Crippen MR) is 354 cm³/mol. The molecule has 12 nitrogen and oxygen atoms in total. The van der Waals surface area contributed by atoms with Gasteiger partial charge in [-0.3, -0.25) is 29.4 Å². The minimum absolute atomic E-state index is 0.0333. The molecule has 0 N–H and O–H groups in total. The van der Waals surface area contributed by atoms with Gasteiger partial charge in [-0.05, 0) is 242 Å². The van der Waals surface area contributed by atoms with Crippen LogP contribution in [0, 0.1) is 17.8 Å². The summed E-state index contributed by atoms with van der Waals surface area (Å²) in [7, 11) is 4.44. The highest BCUT2D eigenvalue weighted by Crippen LogP contribution is 2.41. The summed E-state index contributed by atoms with van der Waals surface area (Å²) in [5, 5.41) is 0. The maximum Gasteiger partial charge on any atom is 0.0753 e. The van der Waals surface area contributed by atoms with Gasteiger partial charge in [0.15, 0.2) is 0 Å². The van der Waals surface area contributed by atoms with Crippen molar-refractivity contribution >= 4 is 5.69 Å². The molecule has 8 aliphatic heterocycles. The number of piperazine rings is 1. The number of para-hydroxylation sites is 1. The molecule has 9 aliphatic rings. The molecule has 0 amide bonds. The quantitative estimate of drug-likeness (QED) is 0.249.